The van der Waals surface area contributed by atoms with Crippen LogP contribution in [0.3, 0.4) is 0 Å². The maximum Gasteiger partial charge on any atom is 0.262 e. The quantitative estimate of drug-likeness (QED) is 0.659. The van der Waals surface area contributed by atoms with Gasteiger partial charge in [0.05, 0.1) is 29.9 Å². The molecule has 2 aromatic heterocycles. The van der Waals surface area contributed by atoms with Gasteiger partial charge in [0.2, 0.25) is 0 Å². The van der Waals surface area contributed by atoms with E-state index in [1.807, 2.05) is 18.2 Å². The largest absolute Gasteiger partial charge is 0.294 e. The van der Waals surface area contributed by atoms with Crippen molar-refractivity contribution in [1.82, 2.24) is 9.55 Å². The normalized spacial score (nSPS) is 16.9. The van der Waals surface area contributed by atoms with Crippen molar-refractivity contribution in [3.63, 3.8) is 0 Å². The Hall–Kier alpha value is -2.45. The number of aryl methyl sites for hydroxylation is 1. The average Bonchev–Trinajstić information content (AvgIpc) is 3.02. The molecule has 4 nitrogen and oxygen atoms in total. The van der Waals surface area contributed by atoms with Gasteiger partial charge in [-0.3, -0.25) is 9.36 Å². The maximum atomic E-state index is 13.2. The van der Waals surface area contributed by atoms with Crippen LogP contribution in [0.15, 0.2) is 35.4 Å². The van der Waals surface area contributed by atoms with E-state index in [1.54, 1.807) is 28.3 Å². The molecule has 1 aliphatic rings. The van der Waals surface area contributed by atoms with E-state index in [0.29, 0.717) is 18.0 Å². The third-order valence-corrected chi connectivity index (χ3v) is 6.90. The molecule has 1 atom stereocenters. The summed E-state index contributed by atoms with van der Waals surface area (Å²) in [5.41, 5.74) is 2.95. The monoisotopic (exact) mass is 377 g/mol. The molecular weight excluding hydrogens is 354 g/mol. The molecule has 2 heterocycles. The molecule has 3 aromatic rings. The van der Waals surface area contributed by atoms with Crippen molar-refractivity contribution >= 4 is 21.6 Å². The van der Waals surface area contributed by atoms with Crippen LogP contribution in [0.2, 0.25) is 0 Å². The van der Waals surface area contributed by atoms with E-state index in [-0.39, 0.29) is 11.0 Å². The second kappa shape index (κ2) is 6.61. The number of nitriles is 1. The van der Waals surface area contributed by atoms with Crippen LogP contribution in [-0.2, 0) is 19.4 Å². The lowest BCUT2D eigenvalue weighted by atomic mass is 9.72. The molecule has 0 spiro atoms. The molecule has 0 radical (unpaired) electrons. The van der Waals surface area contributed by atoms with Crippen LogP contribution in [0.1, 0.15) is 48.8 Å². The first kappa shape index (κ1) is 17.9. The van der Waals surface area contributed by atoms with Crippen LogP contribution >= 0.6 is 11.3 Å². The zero-order valence-corrected chi connectivity index (χ0v) is 16.8. The Morgan fingerprint density at radius 3 is 2.85 bits per heavy atom. The first-order chi connectivity index (χ1) is 12.9. The van der Waals surface area contributed by atoms with Gasteiger partial charge in [-0.05, 0) is 47.8 Å². The Morgan fingerprint density at radius 1 is 1.33 bits per heavy atom. The molecular formula is C22H23N3OS. The number of thiophene rings is 1. The first-order valence-corrected chi connectivity index (χ1v) is 10.2. The van der Waals surface area contributed by atoms with E-state index in [0.717, 1.165) is 35.0 Å². The highest BCUT2D eigenvalue weighted by Gasteiger charge is 2.31. The highest BCUT2D eigenvalue weighted by atomic mass is 32.1. The highest BCUT2D eigenvalue weighted by molar-refractivity contribution is 7.18. The molecule has 4 rings (SSSR count). The van der Waals surface area contributed by atoms with Gasteiger partial charge in [0.25, 0.3) is 5.56 Å². The van der Waals surface area contributed by atoms with Gasteiger partial charge < -0.3 is 0 Å². The fraction of sp³-hybridized carbons (Fsp3) is 0.409. The van der Waals surface area contributed by atoms with Crippen LogP contribution in [0.5, 0.6) is 0 Å². The summed E-state index contributed by atoms with van der Waals surface area (Å²) in [6.45, 7) is 7.27. The Balaban J connectivity index is 1.76. The standard InChI is InChI=1S/C22H23N3OS/c1-22(2,3)16-8-9-17-18(10-16)27-20-19(17)21(26)25(13-24-20)12-15-7-5-4-6-14(15)11-23/h4-7,13,16H,8-10,12H2,1-3H3/t16-/m0/s1. The summed E-state index contributed by atoms with van der Waals surface area (Å²) in [5, 5.41) is 10.1. The van der Waals surface area contributed by atoms with Crippen LogP contribution in [0.25, 0.3) is 10.2 Å². The smallest absolute Gasteiger partial charge is 0.262 e. The van der Waals surface area contributed by atoms with Crippen LogP contribution in [-0.4, -0.2) is 9.55 Å². The van der Waals surface area contributed by atoms with E-state index < -0.39 is 0 Å². The van der Waals surface area contributed by atoms with Gasteiger partial charge in [-0.25, -0.2) is 4.98 Å². The first-order valence-electron chi connectivity index (χ1n) is 9.36. The molecule has 0 fully saturated rings. The van der Waals surface area contributed by atoms with Gasteiger partial charge in [-0.1, -0.05) is 39.0 Å². The number of hydrogen-bond acceptors (Lipinski definition) is 4. The molecule has 0 saturated heterocycles. The lowest BCUT2D eigenvalue weighted by Gasteiger charge is -2.33. The predicted molar refractivity (Wildman–Crippen MR) is 109 cm³/mol. The number of hydrogen-bond donors (Lipinski definition) is 0. The van der Waals surface area contributed by atoms with E-state index in [9.17, 15) is 10.1 Å². The molecule has 0 aliphatic heterocycles. The van der Waals surface area contributed by atoms with Gasteiger partial charge in [0.15, 0.2) is 0 Å². The van der Waals surface area contributed by atoms with E-state index in [2.05, 4.69) is 31.8 Å². The minimum atomic E-state index is 0.0134. The van der Waals surface area contributed by atoms with Crippen LogP contribution < -0.4 is 5.56 Å². The lowest BCUT2D eigenvalue weighted by molar-refractivity contribution is 0.218. The zero-order valence-electron chi connectivity index (χ0n) is 16.0. The molecule has 27 heavy (non-hydrogen) atoms. The van der Waals surface area contributed by atoms with E-state index >= 15 is 0 Å². The van der Waals surface area contributed by atoms with Gasteiger partial charge in [0.1, 0.15) is 4.83 Å². The Kier molecular flexibility index (Phi) is 4.39. The summed E-state index contributed by atoms with van der Waals surface area (Å²) >= 11 is 1.68. The number of rotatable bonds is 2. The van der Waals surface area contributed by atoms with Crippen molar-refractivity contribution in [2.24, 2.45) is 11.3 Å². The van der Waals surface area contributed by atoms with Crippen molar-refractivity contribution < 1.29 is 0 Å². The molecule has 0 saturated carbocycles. The van der Waals surface area contributed by atoms with Gasteiger partial charge in [-0.15, -0.1) is 11.3 Å². The van der Waals surface area contributed by atoms with E-state index in [1.165, 1.54) is 10.4 Å². The molecule has 0 bridgehead atoms. The van der Waals surface area contributed by atoms with E-state index in [4.69, 9.17) is 0 Å². The second-order valence-corrected chi connectivity index (χ2v) is 9.52. The second-order valence-electron chi connectivity index (χ2n) is 8.44. The van der Waals surface area contributed by atoms with Crippen molar-refractivity contribution in [2.45, 2.75) is 46.6 Å². The summed E-state index contributed by atoms with van der Waals surface area (Å²) in [7, 11) is 0. The maximum absolute atomic E-state index is 13.2. The summed E-state index contributed by atoms with van der Waals surface area (Å²) in [5.74, 6) is 0.641. The summed E-state index contributed by atoms with van der Waals surface area (Å²) in [6, 6.07) is 9.62. The van der Waals surface area contributed by atoms with Gasteiger partial charge in [0, 0.05) is 4.88 Å². The molecule has 1 aliphatic carbocycles. The number of benzene rings is 1. The van der Waals surface area contributed by atoms with Crippen molar-refractivity contribution in [3.8, 4) is 6.07 Å². The van der Waals surface area contributed by atoms with Crippen molar-refractivity contribution in [1.29, 1.82) is 5.26 Å². The van der Waals surface area contributed by atoms with Crippen LogP contribution in [0.4, 0.5) is 0 Å². The van der Waals surface area contributed by atoms with Crippen molar-refractivity contribution in [3.05, 3.63) is 62.5 Å². The number of fused-ring (bicyclic) bond motifs is 3. The molecule has 0 unspecified atom stereocenters. The number of nitrogens with zero attached hydrogens (tertiary/aromatic N) is 3. The number of aromatic nitrogens is 2. The molecule has 1 aromatic carbocycles. The fourth-order valence-electron chi connectivity index (χ4n) is 4.00. The average molecular weight is 378 g/mol. The Bertz CT molecular complexity index is 1110. The summed E-state index contributed by atoms with van der Waals surface area (Å²) in [6.07, 6.45) is 4.74. The molecule has 0 amide bonds. The highest BCUT2D eigenvalue weighted by Crippen LogP contribution is 2.41. The summed E-state index contributed by atoms with van der Waals surface area (Å²) in [4.78, 5) is 20.0. The van der Waals surface area contributed by atoms with Gasteiger partial charge >= 0.3 is 0 Å². The Morgan fingerprint density at radius 2 is 2.11 bits per heavy atom. The third-order valence-electron chi connectivity index (χ3n) is 5.74. The van der Waals surface area contributed by atoms with Crippen molar-refractivity contribution in [2.75, 3.05) is 0 Å². The molecule has 138 valence electrons. The lowest BCUT2D eigenvalue weighted by Crippen LogP contribution is -2.27. The zero-order chi connectivity index (χ0) is 19.2. The predicted octanol–water partition coefficient (Wildman–Crippen LogP) is 4.53. The van der Waals surface area contributed by atoms with Crippen LogP contribution in [0, 0.1) is 22.7 Å². The fourth-order valence-corrected chi connectivity index (χ4v) is 5.26. The molecule has 5 heteroatoms. The molecule has 0 N–H and O–H groups in total. The van der Waals surface area contributed by atoms with Gasteiger partial charge in [-0.2, -0.15) is 5.26 Å². The topological polar surface area (TPSA) is 58.7 Å². The third kappa shape index (κ3) is 3.19. The SMILES string of the molecule is CC(C)(C)[C@H]1CCc2c(sc3ncn(Cc4ccccc4C#N)c(=O)c23)C1. The summed E-state index contributed by atoms with van der Waals surface area (Å²) < 4.78 is 1.64. The Labute approximate surface area is 163 Å². The minimum Gasteiger partial charge on any atom is -0.294 e. The minimum absolute atomic E-state index is 0.0134.